The van der Waals surface area contributed by atoms with Crippen molar-refractivity contribution >= 4 is 19.1 Å². The van der Waals surface area contributed by atoms with E-state index >= 15 is 0 Å². The second-order valence-electron chi connectivity index (χ2n) is 3.33. The molecule has 4 heteroatoms. The number of aliphatic hydroxyl groups excluding tert-OH is 1. The van der Waals surface area contributed by atoms with E-state index in [0.717, 1.165) is 0 Å². The van der Waals surface area contributed by atoms with E-state index in [9.17, 15) is 4.79 Å². The highest BCUT2D eigenvalue weighted by Crippen LogP contribution is 1.92. The molecule has 84 valence electrons. The Kier molecular flexibility index (Phi) is 3.96. The normalized spacial score (nSPS) is 11.8. The molecule has 0 saturated heterocycles. The lowest BCUT2D eigenvalue weighted by Gasteiger charge is -2.11. The first-order valence-electron chi connectivity index (χ1n) is 4.76. The van der Waals surface area contributed by atoms with Crippen molar-refractivity contribution in [1.29, 1.82) is 0 Å². The number of aliphatic hydroxyl groups is 1. The van der Waals surface area contributed by atoms with E-state index in [1.807, 2.05) is 0 Å². The Hall–Kier alpha value is -1.94. The molecule has 0 radical (unpaired) electrons. The van der Waals surface area contributed by atoms with E-state index in [4.69, 9.17) is 5.11 Å². The molecule has 0 aliphatic heterocycles. The van der Waals surface area contributed by atoms with Crippen molar-refractivity contribution in [3.05, 3.63) is 41.0 Å². The van der Waals surface area contributed by atoms with E-state index in [1.165, 1.54) is 12.3 Å². The SMILES string of the molecule is C=C[C@H](CO)NC(=O)c1cnc(=C)c(=C)c1. The summed E-state index contributed by atoms with van der Waals surface area (Å²) in [4.78, 5) is 15.6. The lowest BCUT2D eigenvalue weighted by atomic mass is 10.2. The lowest BCUT2D eigenvalue weighted by molar-refractivity contribution is 0.0929. The minimum absolute atomic E-state index is 0.187. The zero-order chi connectivity index (χ0) is 12.1. The Bertz CT molecular complexity index is 496. The van der Waals surface area contributed by atoms with Crippen LogP contribution in [-0.2, 0) is 0 Å². The number of carbonyl (C=O) groups is 1. The second-order valence-corrected chi connectivity index (χ2v) is 3.33. The minimum atomic E-state index is -0.458. The van der Waals surface area contributed by atoms with Crippen LogP contribution in [0.5, 0.6) is 0 Å². The smallest absolute Gasteiger partial charge is 0.253 e. The molecule has 0 spiro atoms. The highest BCUT2D eigenvalue weighted by molar-refractivity contribution is 5.94. The van der Waals surface area contributed by atoms with Gasteiger partial charge in [0.2, 0.25) is 0 Å². The van der Waals surface area contributed by atoms with Crippen LogP contribution in [-0.4, -0.2) is 28.6 Å². The number of amides is 1. The monoisotopic (exact) mass is 218 g/mol. The van der Waals surface area contributed by atoms with Crippen molar-refractivity contribution in [3.63, 3.8) is 0 Å². The summed E-state index contributed by atoms with van der Waals surface area (Å²) in [7, 11) is 0. The average Bonchev–Trinajstić information content (AvgIpc) is 2.29. The summed E-state index contributed by atoms with van der Waals surface area (Å²) in [6.45, 7) is 10.7. The third kappa shape index (κ3) is 2.77. The van der Waals surface area contributed by atoms with E-state index < -0.39 is 6.04 Å². The van der Waals surface area contributed by atoms with Gasteiger partial charge in [0.25, 0.3) is 5.91 Å². The van der Waals surface area contributed by atoms with Gasteiger partial charge in [-0.15, -0.1) is 6.58 Å². The van der Waals surface area contributed by atoms with Crippen LogP contribution in [0.3, 0.4) is 0 Å². The third-order valence-electron chi connectivity index (χ3n) is 2.12. The van der Waals surface area contributed by atoms with Gasteiger partial charge in [-0.25, -0.2) is 0 Å². The summed E-state index contributed by atoms with van der Waals surface area (Å²) in [6.07, 6.45) is 2.88. The number of carbonyl (C=O) groups excluding carboxylic acids is 1. The zero-order valence-electron chi connectivity index (χ0n) is 8.94. The molecule has 0 aliphatic rings. The molecule has 1 aromatic rings. The van der Waals surface area contributed by atoms with Crippen molar-refractivity contribution in [3.8, 4) is 0 Å². The molecule has 0 bridgehead atoms. The first-order chi connectivity index (χ1) is 7.58. The van der Waals surface area contributed by atoms with E-state index in [2.05, 4.69) is 30.0 Å². The molecule has 0 aliphatic carbocycles. The number of pyridine rings is 1. The van der Waals surface area contributed by atoms with E-state index in [0.29, 0.717) is 16.1 Å². The predicted octanol–water partition coefficient (Wildman–Crippen LogP) is -0.821. The van der Waals surface area contributed by atoms with E-state index in [-0.39, 0.29) is 12.5 Å². The zero-order valence-corrected chi connectivity index (χ0v) is 8.94. The van der Waals surface area contributed by atoms with Crippen LogP contribution in [0, 0.1) is 0 Å². The maximum Gasteiger partial charge on any atom is 0.253 e. The summed E-state index contributed by atoms with van der Waals surface area (Å²) in [5.41, 5.74) is 0.387. The van der Waals surface area contributed by atoms with Gasteiger partial charge < -0.3 is 10.4 Å². The highest BCUT2D eigenvalue weighted by atomic mass is 16.3. The Morgan fingerprint density at radius 3 is 2.81 bits per heavy atom. The topological polar surface area (TPSA) is 62.2 Å². The maximum atomic E-state index is 11.7. The van der Waals surface area contributed by atoms with Gasteiger partial charge in [-0.3, -0.25) is 9.78 Å². The molecule has 2 N–H and O–H groups in total. The Morgan fingerprint density at radius 1 is 1.62 bits per heavy atom. The number of nitrogens with one attached hydrogen (secondary N) is 1. The molecule has 0 unspecified atom stereocenters. The van der Waals surface area contributed by atoms with Crippen molar-refractivity contribution in [1.82, 2.24) is 10.3 Å². The molecule has 1 aromatic heterocycles. The largest absolute Gasteiger partial charge is 0.394 e. The summed E-state index contributed by atoms with van der Waals surface area (Å²) >= 11 is 0. The van der Waals surface area contributed by atoms with Gasteiger partial charge in [-0.1, -0.05) is 19.2 Å². The van der Waals surface area contributed by atoms with Gasteiger partial charge in [0.15, 0.2) is 0 Å². The van der Waals surface area contributed by atoms with Gasteiger partial charge in [-0.2, -0.15) is 0 Å². The first-order valence-corrected chi connectivity index (χ1v) is 4.76. The second kappa shape index (κ2) is 5.23. The quantitative estimate of drug-likeness (QED) is 0.649. The van der Waals surface area contributed by atoms with E-state index in [1.54, 1.807) is 6.07 Å². The maximum absolute atomic E-state index is 11.7. The van der Waals surface area contributed by atoms with Crippen LogP contribution in [0.1, 0.15) is 10.4 Å². The molecular weight excluding hydrogens is 204 g/mol. The summed E-state index contributed by atoms with van der Waals surface area (Å²) in [6, 6.07) is 1.14. The number of aromatic nitrogens is 1. The Balaban J connectivity index is 2.89. The van der Waals surface area contributed by atoms with Crippen LogP contribution in [0.15, 0.2) is 24.9 Å². The first kappa shape index (κ1) is 12.1. The van der Waals surface area contributed by atoms with Gasteiger partial charge in [0.1, 0.15) is 0 Å². The summed E-state index contributed by atoms with van der Waals surface area (Å²) < 4.78 is 0. The predicted molar refractivity (Wildman–Crippen MR) is 63.1 cm³/mol. The molecule has 0 aromatic carbocycles. The number of rotatable bonds is 4. The van der Waals surface area contributed by atoms with Crippen LogP contribution in [0.4, 0.5) is 0 Å². The van der Waals surface area contributed by atoms with Gasteiger partial charge in [-0.05, 0) is 11.3 Å². The fourth-order valence-corrected chi connectivity index (χ4v) is 1.09. The number of hydrogen-bond donors (Lipinski definition) is 2. The van der Waals surface area contributed by atoms with Gasteiger partial charge in [0, 0.05) is 6.20 Å². The van der Waals surface area contributed by atoms with Crippen LogP contribution in [0.25, 0.3) is 13.2 Å². The van der Waals surface area contributed by atoms with Gasteiger partial charge >= 0.3 is 0 Å². The standard InChI is InChI=1S/C12H14N2O2/c1-4-11(7-15)14-12(16)10-5-8(2)9(3)13-6-10/h4-6,11,15H,1-3,7H2,(H,14,16)/t11-/m1/s1. The molecule has 1 atom stereocenters. The van der Waals surface area contributed by atoms with Gasteiger partial charge in [0.05, 0.1) is 23.6 Å². The molecule has 16 heavy (non-hydrogen) atoms. The number of nitrogens with zero attached hydrogens (tertiary/aromatic N) is 1. The average molecular weight is 218 g/mol. The minimum Gasteiger partial charge on any atom is -0.394 e. The van der Waals surface area contributed by atoms with Crippen LogP contribution in [0.2, 0.25) is 0 Å². The molecule has 1 rings (SSSR count). The lowest BCUT2D eigenvalue weighted by Crippen LogP contribution is -2.37. The molecular formula is C12H14N2O2. The third-order valence-corrected chi connectivity index (χ3v) is 2.12. The Morgan fingerprint density at radius 2 is 2.31 bits per heavy atom. The van der Waals surface area contributed by atoms with Crippen LogP contribution >= 0.6 is 0 Å². The fourth-order valence-electron chi connectivity index (χ4n) is 1.09. The van der Waals surface area contributed by atoms with Crippen molar-refractivity contribution in [2.45, 2.75) is 6.04 Å². The Labute approximate surface area is 93.6 Å². The fraction of sp³-hybridized carbons (Fsp3) is 0.167. The molecule has 0 saturated carbocycles. The molecule has 1 heterocycles. The molecule has 0 fully saturated rings. The van der Waals surface area contributed by atoms with Crippen molar-refractivity contribution < 1.29 is 9.90 Å². The summed E-state index contributed by atoms with van der Waals surface area (Å²) in [5.74, 6) is -0.323. The van der Waals surface area contributed by atoms with Crippen molar-refractivity contribution in [2.24, 2.45) is 0 Å². The molecule has 1 amide bonds. The summed E-state index contributed by atoms with van der Waals surface area (Å²) in [5, 5.41) is 12.6. The van der Waals surface area contributed by atoms with Crippen LogP contribution < -0.4 is 15.9 Å². The molecule has 4 nitrogen and oxygen atoms in total. The number of hydrogen-bond acceptors (Lipinski definition) is 3. The highest BCUT2D eigenvalue weighted by Gasteiger charge is 2.09. The van der Waals surface area contributed by atoms with Crippen molar-refractivity contribution in [2.75, 3.05) is 6.61 Å².